The maximum atomic E-state index is 6.01. The summed E-state index contributed by atoms with van der Waals surface area (Å²) in [7, 11) is 0. The number of nitrogens with zero attached hydrogens (tertiary/aromatic N) is 1. The summed E-state index contributed by atoms with van der Waals surface area (Å²) in [6, 6.07) is 0.407. The monoisotopic (exact) mass is 212 g/mol. The van der Waals surface area contributed by atoms with Crippen molar-refractivity contribution < 1.29 is 4.74 Å². The second-order valence-electron chi connectivity index (χ2n) is 5.34. The van der Waals surface area contributed by atoms with Crippen molar-refractivity contribution >= 4 is 0 Å². The van der Waals surface area contributed by atoms with Crippen LogP contribution in [0.2, 0.25) is 0 Å². The molecule has 0 amide bonds. The molecule has 0 aromatic rings. The van der Waals surface area contributed by atoms with Crippen molar-refractivity contribution in [1.29, 1.82) is 0 Å². The summed E-state index contributed by atoms with van der Waals surface area (Å²) in [5.41, 5.74) is 6.01. The number of ether oxygens (including phenoxy) is 1. The minimum absolute atomic E-state index is 0.407. The molecule has 0 bridgehead atoms. The van der Waals surface area contributed by atoms with Gasteiger partial charge in [-0.15, -0.1) is 0 Å². The highest BCUT2D eigenvalue weighted by Crippen LogP contribution is 2.22. The zero-order valence-electron chi connectivity index (χ0n) is 9.98. The molecule has 2 fully saturated rings. The van der Waals surface area contributed by atoms with E-state index in [9.17, 15) is 0 Å². The fourth-order valence-electron chi connectivity index (χ4n) is 2.72. The molecule has 3 nitrogen and oxygen atoms in total. The van der Waals surface area contributed by atoms with E-state index in [0.29, 0.717) is 24.2 Å². The highest BCUT2D eigenvalue weighted by atomic mass is 16.5. The molecule has 0 aromatic carbocycles. The maximum absolute atomic E-state index is 6.01. The molecule has 4 unspecified atom stereocenters. The fourth-order valence-corrected chi connectivity index (χ4v) is 2.72. The molecule has 88 valence electrons. The first kappa shape index (κ1) is 11.4. The Balaban J connectivity index is 1.75. The summed E-state index contributed by atoms with van der Waals surface area (Å²) in [6.45, 7) is 7.85. The summed E-state index contributed by atoms with van der Waals surface area (Å²) in [4.78, 5) is 2.52. The van der Waals surface area contributed by atoms with Gasteiger partial charge in [0.1, 0.15) is 0 Å². The van der Waals surface area contributed by atoms with Crippen LogP contribution in [0.25, 0.3) is 0 Å². The second-order valence-corrected chi connectivity index (χ2v) is 5.34. The van der Waals surface area contributed by atoms with Crippen LogP contribution in [-0.2, 0) is 4.74 Å². The molecule has 15 heavy (non-hydrogen) atoms. The van der Waals surface area contributed by atoms with E-state index in [0.717, 1.165) is 26.1 Å². The van der Waals surface area contributed by atoms with Crippen LogP contribution in [0.1, 0.15) is 33.1 Å². The van der Waals surface area contributed by atoms with Gasteiger partial charge in [-0.05, 0) is 38.6 Å². The molecule has 0 spiro atoms. The number of hydrogen-bond acceptors (Lipinski definition) is 3. The average Bonchev–Trinajstić information content (AvgIpc) is 2.58. The van der Waals surface area contributed by atoms with Gasteiger partial charge in [0.15, 0.2) is 0 Å². The molecule has 2 rings (SSSR count). The van der Waals surface area contributed by atoms with E-state index in [1.165, 1.54) is 12.8 Å². The van der Waals surface area contributed by atoms with E-state index in [4.69, 9.17) is 10.5 Å². The van der Waals surface area contributed by atoms with E-state index in [1.807, 2.05) is 0 Å². The molecule has 4 atom stereocenters. The molecule has 3 heteroatoms. The van der Waals surface area contributed by atoms with Crippen molar-refractivity contribution in [2.75, 3.05) is 19.6 Å². The first-order chi connectivity index (χ1) is 7.15. The molecule has 2 N–H and O–H groups in total. The van der Waals surface area contributed by atoms with Crippen LogP contribution in [0, 0.1) is 5.92 Å². The molecule has 2 aliphatic rings. The van der Waals surface area contributed by atoms with Crippen molar-refractivity contribution in [3.05, 3.63) is 0 Å². The molecule has 2 aliphatic heterocycles. The third-order valence-corrected chi connectivity index (χ3v) is 3.84. The Morgan fingerprint density at radius 1 is 1.27 bits per heavy atom. The minimum Gasteiger partial charge on any atom is -0.374 e. The average molecular weight is 212 g/mol. The van der Waals surface area contributed by atoms with Crippen molar-refractivity contribution in [3.8, 4) is 0 Å². The number of likely N-dealkylation sites (tertiary alicyclic amines) is 1. The van der Waals surface area contributed by atoms with E-state index >= 15 is 0 Å². The van der Waals surface area contributed by atoms with Crippen LogP contribution in [-0.4, -0.2) is 42.8 Å². The van der Waals surface area contributed by atoms with Gasteiger partial charge in [-0.3, -0.25) is 0 Å². The molecule has 0 aliphatic carbocycles. The maximum Gasteiger partial charge on any atom is 0.0706 e. The third kappa shape index (κ3) is 2.92. The Kier molecular flexibility index (Phi) is 3.65. The quantitative estimate of drug-likeness (QED) is 0.748. The fraction of sp³-hybridized carbons (Fsp3) is 1.00. The summed E-state index contributed by atoms with van der Waals surface area (Å²) in [6.07, 6.45) is 4.55. The van der Waals surface area contributed by atoms with Crippen molar-refractivity contribution in [2.45, 2.75) is 51.4 Å². The van der Waals surface area contributed by atoms with E-state index in [2.05, 4.69) is 18.7 Å². The smallest absolute Gasteiger partial charge is 0.0706 e. The van der Waals surface area contributed by atoms with Crippen molar-refractivity contribution in [3.63, 3.8) is 0 Å². The second kappa shape index (κ2) is 4.81. The lowest BCUT2D eigenvalue weighted by Gasteiger charge is -2.36. The van der Waals surface area contributed by atoms with Crippen LogP contribution < -0.4 is 5.73 Å². The number of piperidine rings is 1. The summed E-state index contributed by atoms with van der Waals surface area (Å²) in [5, 5.41) is 0. The van der Waals surface area contributed by atoms with Crippen LogP contribution in [0.4, 0.5) is 0 Å². The van der Waals surface area contributed by atoms with E-state index in [-0.39, 0.29) is 0 Å². The topological polar surface area (TPSA) is 38.5 Å². The molecule has 2 heterocycles. The molecular weight excluding hydrogens is 188 g/mol. The van der Waals surface area contributed by atoms with Gasteiger partial charge in [0.05, 0.1) is 12.2 Å². The highest BCUT2D eigenvalue weighted by molar-refractivity contribution is 4.82. The van der Waals surface area contributed by atoms with E-state index < -0.39 is 0 Å². The zero-order valence-corrected chi connectivity index (χ0v) is 9.98. The standard InChI is InChI=1S/C12H24N2O/c1-9-7-14(6-5-12(9)13)8-11-4-3-10(2)15-11/h9-12H,3-8,13H2,1-2H3. The lowest BCUT2D eigenvalue weighted by atomic mass is 9.94. The lowest BCUT2D eigenvalue weighted by Crippen LogP contribution is -2.47. The zero-order chi connectivity index (χ0) is 10.8. The Bertz CT molecular complexity index is 210. The molecule has 0 aromatic heterocycles. The van der Waals surface area contributed by atoms with Gasteiger partial charge in [-0.25, -0.2) is 0 Å². The Morgan fingerprint density at radius 3 is 2.67 bits per heavy atom. The van der Waals surface area contributed by atoms with E-state index in [1.54, 1.807) is 0 Å². The van der Waals surface area contributed by atoms with Crippen molar-refractivity contribution in [2.24, 2.45) is 11.7 Å². The van der Waals surface area contributed by atoms with Crippen LogP contribution in [0.15, 0.2) is 0 Å². The number of rotatable bonds is 2. The summed E-state index contributed by atoms with van der Waals surface area (Å²) < 4.78 is 5.85. The van der Waals surface area contributed by atoms with Gasteiger partial charge >= 0.3 is 0 Å². The number of nitrogens with two attached hydrogens (primary N) is 1. The van der Waals surface area contributed by atoms with Gasteiger partial charge in [-0.1, -0.05) is 6.92 Å². The Hall–Kier alpha value is -0.120. The van der Waals surface area contributed by atoms with Gasteiger partial charge < -0.3 is 15.4 Å². The van der Waals surface area contributed by atoms with Gasteiger partial charge in [0.25, 0.3) is 0 Å². The van der Waals surface area contributed by atoms with Crippen LogP contribution >= 0.6 is 0 Å². The summed E-state index contributed by atoms with van der Waals surface area (Å²) in [5.74, 6) is 0.637. The predicted molar refractivity (Wildman–Crippen MR) is 61.8 cm³/mol. The number of hydrogen-bond donors (Lipinski definition) is 1. The summed E-state index contributed by atoms with van der Waals surface area (Å²) >= 11 is 0. The molecule has 0 radical (unpaired) electrons. The van der Waals surface area contributed by atoms with Crippen molar-refractivity contribution in [1.82, 2.24) is 4.90 Å². The highest BCUT2D eigenvalue weighted by Gasteiger charge is 2.28. The predicted octanol–water partition coefficient (Wildman–Crippen LogP) is 1.22. The SMILES string of the molecule is CC1CCC(CN2CCC(N)C(C)C2)O1. The Morgan fingerprint density at radius 2 is 2.07 bits per heavy atom. The van der Waals surface area contributed by atoms with Crippen LogP contribution in [0.3, 0.4) is 0 Å². The van der Waals surface area contributed by atoms with Gasteiger partial charge in [0, 0.05) is 19.1 Å². The molecule has 2 saturated heterocycles. The van der Waals surface area contributed by atoms with Gasteiger partial charge in [0.2, 0.25) is 0 Å². The van der Waals surface area contributed by atoms with Crippen LogP contribution in [0.5, 0.6) is 0 Å². The Labute approximate surface area is 93.0 Å². The first-order valence-corrected chi connectivity index (χ1v) is 6.28. The molecule has 0 saturated carbocycles. The lowest BCUT2D eigenvalue weighted by molar-refractivity contribution is 0.0209. The van der Waals surface area contributed by atoms with Gasteiger partial charge in [-0.2, -0.15) is 0 Å². The minimum atomic E-state index is 0.407. The molecular formula is C12H24N2O. The first-order valence-electron chi connectivity index (χ1n) is 6.28. The third-order valence-electron chi connectivity index (χ3n) is 3.84. The largest absolute Gasteiger partial charge is 0.374 e. The normalized spacial score (nSPS) is 43.4.